The van der Waals surface area contributed by atoms with Crippen molar-refractivity contribution < 1.29 is 9.53 Å². The van der Waals surface area contributed by atoms with Crippen molar-refractivity contribution in [2.75, 3.05) is 0 Å². The van der Waals surface area contributed by atoms with Crippen LogP contribution in [0.2, 0.25) is 0 Å². The molecular formula is C19H17N3O2. The van der Waals surface area contributed by atoms with Crippen LogP contribution in [0, 0.1) is 11.3 Å². The summed E-state index contributed by atoms with van der Waals surface area (Å²) in [7, 11) is 1.96. The molecule has 4 rings (SSSR count). The summed E-state index contributed by atoms with van der Waals surface area (Å²) < 4.78 is 7.63. The summed E-state index contributed by atoms with van der Waals surface area (Å²) in [5, 5.41) is 10.7. The molecule has 1 aromatic carbocycles. The first kappa shape index (κ1) is 14.6. The molecule has 1 aromatic heterocycles. The largest absolute Gasteiger partial charge is 0.444 e. The van der Waals surface area contributed by atoms with Gasteiger partial charge in [-0.05, 0) is 18.1 Å². The van der Waals surface area contributed by atoms with Crippen molar-refractivity contribution >= 4 is 16.7 Å². The van der Waals surface area contributed by atoms with Gasteiger partial charge in [-0.25, -0.2) is 0 Å². The highest BCUT2D eigenvalue weighted by Gasteiger charge is 2.39. The molecule has 2 aromatic rings. The van der Waals surface area contributed by atoms with Gasteiger partial charge in [0.05, 0.1) is 5.92 Å². The number of aromatic nitrogens is 1. The van der Waals surface area contributed by atoms with Gasteiger partial charge >= 0.3 is 0 Å². The second-order valence-electron chi connectivity index (χ2n) is 6.25. The van der Waals surface area contributed by atoms with E-state index in [2.05, 4.69) is 6.07 Å². The van der Waals surface area contributed by atoms with Crippen LogP contribution in [-0.4, -0.2) is 10.4 Å². The molecule has 2 aliphatic rings. The Kier molecular flexibility index (Phi) is 3.20. The van der Waals surface area contributed by atoms with E-state index < -0.39 is 5.92 Å². The number of fused-ring (bicyclic) bond motifs is 1. The lowest BCUT2D eigenvalue weighted by Crippen LogP contribution is -2.27. The molecule has 5 heteroatoms. The topological polar surface area (TPSA) is 81.0 Å². The molecule has 0 bridgehead atoms. The smallest absolute Gasteiger partial charge is 0.205 e. The number of hydrogen-bond donors (Lipinski definition) is 1. The van der Waals surface area contributed by atoms with E-state index in [9.17, 15) is 10.1 Å². The van der Waals surface area contributed by atoms with E-state index in [4.69, 9.17) is 10.5 Å². The molecule has 5 nitrogen and oxygen atoms in total. The number of carbonyl (C=O) groups is 1. The molecule has 1 aliphatic heterocycles. The van der Waals surface area contributed by atoms with E-state index in [1.54, 1.807) is 0 Å². The van der Waals surface area contributed by atoms with Crippen molar-refractivity contribution in [2.45, 2.75) is 25.2 Å². The first-order valence-electron chi connectivity index (χ1n) is 7.99. The molecule has 24 heavy (non-hydrogen) atoms. The summed E-state index contributed by atoms with van der Waals surface area (Å²) in [6, 6.07) is 10.1. The third-order valence-electron chi connectivity index (χ3n) is 4.84. The van der Waals surface area contributed by atoms with Crippen LogP contribution in [0.25, 0.3) is 10.9 Å². The molecule has 2 N–H and O–H groups in total. The van der Waals surface area contributed by atoms with E-state index in [0.717, 1.165) is 22.9 Å². The molecule has 0 radical (unpaired) electrons. The second kappa shape index (κ2) is 5.27. The summed E-state index contributed by atoms with van der Waals surface area (Å²) in [6.07, 6.45) is 3.91. The van der Waals surface area contributed by atoms with Crippen molar-refractivity contribution in [3.63, 3.8) is 0 Å². The Bertz CT molecular complexity index is 972. The number of nitrogens with two attached hydrogens (primary N) is 1. The monoisotopic (exact) mass is 319 g/mol. The molecule has 120 valence electrons. The number of ketones is 1. The van der Waals surface area contributed by atoms with E-state index in [1.165, 1.54) is 0 Å². The number of nitrogens with zero attached hydrogens (tertiary/aromatic N) is 2. The summed E-state index contributed by atoms with van der Waals surface area (Å²) in [5.74, 6) is 0.344. The van der Waals surface area contributed by atoms with Crippen LogP contribution in [0.15, 0.2) is 53.3 Å². The number of allylic oxidation sites excluding steroid dienone is 3. The van der Waals surface area contributed by atoms with E-state index in [0.29, 0.717) is 29.7 Å². The molecule has 0 fully saturated rings. The van der Waals surface area contributed by atoms with Gasteiger partial charge in [-0.1, -0.05) is 18.2 Å². The Labute approximate surface area is 139 Å². The fraction of sp³-hybridized carbons (Fsp3) is 0.263. The average Bonchev–Trinajstić information content (AvgIpc) is 2.91. The Balaban J connectivity index is 2.01. The van der Waals surface area contributed by atoms with E-state index in [1.807, 2.05) is 42.1 Å². The molecule has 1 atom stereocenters. The first-order chi connectivity index (χ1) is 11.6. The van der Waals surface area contributed by atoms with Crippen molar-refractivity contribution in [1.82, 2.24) is 4.57 Å². The van der Waals surface area contributed by atoms with Crippen LogP contribution < -0.4 is 5.73 Å². The molecule has 2 heterocycles. The third-order valence-corrected chi connectivity index (χ3v) is 4.84. The predicted octanol–water partition coefficient (Wildman–Crippen LogP) is 2.99. The van der Waals surface area contributed by atoms with E-state index >= 15 is 0 Å². The van der Waals surface area contributed by atoms with Crippen molar-refractivity contribution in [2.24, 2.45) is 12.8 Å². The van der Waals surface area contributed by atoms with Gasteiger partial charge in [-0.15, -0.1) is 0 Å². The predicted molar refractivity (Wildman–Crippen MR) is 89.5 cm³/mol. The van der Waals surface area contributed by atoms with Gasteiger partial charge in [0.2, 0.25) is 5.88 Å². The summed E-state index contributed by atoms with van der Waals surface area (Å²) in [5.41, 5.74) is 8.91. The van der Waals surface area contributed by atoms with E-state index in [-0.39, 0.29) is 11.7 Å². The highest BCUT2D eigenvalue weighted by Crippen LogP contribution is 2.45. The number of nitriles is 1. The average molecular weight is 319 g/mol. The maximum Gasteiger partial charge on any atom is 0.205 e. The van der Waals surface area contributed by atoms with Crippen LogP contribution in [0.5, 0.6) is 0 Å². The zero-order valence-electron chi connectivity index (χ0n) is 13.4. The number of ether oxygens (including phenoxy) is 1. The fourth-order valence-corrected chi connectivity index (χ4v) is 3.77. The lowest BCUT2D eigenvalue weighted by atomic mass is 9.77. The molecule has 0 unspecified atom stereocenters. The SMILES string of the molecule is Cn1cc([C@@H]2C(C#N)=C(N)OC3=C2C(=O)CCC3)c2ccccc21. The summed E-state index contributed by atoms with van der Waals surface area (Å²) >= 11 is 0. The molecule has 0 spiro atoms. The summed E-state index contributed by atoms with van der Waals surface area (Å²) in [6.45, 7) is 0. The minimum Gasteiger partial charge on any atom is -0.444 e. The quantitative estimate of drug-likeness (QED) is 0.876. The third kappa shape index (κ3) is 1.96. The second-order valence-corrected chi connectivity index (χ2v) is 6.25. The van der Waals surface area contributed by atoms with Gasteiger partial charge in [-0.3, -0.25) is 4.79 Å². The highest BCUT2D eigenvalue weighted by molar-refractivity contribution is 6.00. The highest BCUT2D eigenvalue weighted by atomic mass is 16.5. The number of carbonyl (C=O) groups excluding carboxylic acids is 1. The molecule has 0 amide bonds. The van der Waals surface area contributed by atoms with Crippen LogP contribution in [0.3, 0.4) is 0 Å². The van der Waals surface area contributed by atoms with Gasteiger partial charge in [-0.2, -0.15) is 5.26 Å². The number of rotatable bonds is 1. The minimum atomic E-state index is -0.447. The van der Waals surface area contributed by atoms with Crippen LogP contribution >= 0.6 is 0 Å². The number of aryl methyl sites for hydroxylation is 1. The number of para-hydroxylation sites is 1. The van der Waals surface area contributed by atoms with Gasteiger partial charge in [0.1, 0.15) is 17.4 Å². The lowest BCUT2D eigenvalue weighted by Gasteiger charge is -2.30. The number of Topliss-reactive ketones (excluding diaryl/α,β-unsaturated/α-hetero) is 1. The van der Waals surface area contributed by atoms with Crippen LogP contribution in [0.4, 0.5) is 0 Å². The fourth-order valence-electron chi connectivity index (χ4n) is 3.77. The summed E-state index contributed by atoms with van der Waals surface area (Å²) in [4.78, 5) is 12.6. The van der Waals surface area contributed by atoms with Gasteiger partial charge in [0, 0.05) is 42.6 Å². The Morgan fingerprint density at radius 3 is 2.92 bits per heavy atom. The Morgan fingerprint density at radius 1 is 1.33 bits per heavy atom. The Morgan fingerprint density at radius 2 is 2.12 bits per heavy atom. The maximum absolute atomic E-state index is 12.6. The first-order valence-corrected chi connectivity index (χ1v) is 7.99. The molecular weight excluding hydrogens is 302 g/mol. The molecule has 0 saturated heterocycles. The van der Waals surface area contributed by atoms with Crippen molar-refractivity contribution in [3.05, 3.63) is 58.8 Å². The van der Waals surface area contributed by atoms with Crippen LogP contribution in [0.1, 0.15) is 30.7 Å². The van der Waals surface area contributed by atoms with Crippen LogP contribution in [-0.2, 0) is 16.6 Å². The number of benzene rings is 1. The minimum absolute atomic E-state index is 0.0504. The van der Waals surface area contributed by atoms with Gasteiger partial charge in [0.25, 0.3) is 0 Å². The Hall–Kier alpha value is -3.00. The standard InChI is InChI=1S/C19H17N3O2/c1-22-10-13(11-5-2-3-6-14(11)22)17-12(9-20)19(21)24-16-8-4-7-15(23)18(16)17/h2-3,5-6,10,17H,4,7-8,21H2,1H3/t17-/m0/s1. The maximum atomic E-state index is 12.6. The normalized spacial score (nSPS) is 20.8. The molecule has 1 aliphatic carbocycles. The number of hydrogen-bond acceptors (Lipinski definition) is 4. The van der Waals surface area contributed by atoms with Crippen molar-refractivity contribution in [1.29, 1.82) is 5.26 Å². The lowest BCUT2D eigenvalue weighted by molar-refractivity contribution is -0.116. The zero-order valence-corrected chi connectivity index (χ0v) is 13.4. The van der Waals surface area contributed by atoms with Gasteiger partial charge < -0.3 is 15.0 Å². The van der Waals surface area contributed by atoms with Crippen molar-refractivity contribution in [3.8, 4) is 6.07 Å². The zero-order chi connectivity index (χ0) is 16.8. The van der Waals surface area contributed by atoms with Gasteiger partial charge in [0.15, 0.2) is 5.78 Å². The molecule has 0 saturated carbocycles.